The number of nitrogens with zero attached hydrogens (tertiary/aromatic N) is 2. The summed E-state index contributed by atoms with van der Waals surface area (Å²) in [7, 11) is 0. The molecule has 0 saturated carbocycles. The van der Waals surface area contributed by atoms with Crippen molar-refractivity contribution in [3.8, 4) is 5.69 Å². The number of hydrogen-bond donors (Lipinski definition) is 2. The van der Waals surface area contributed by atoms with Crippen LogP contribution in [0.15, 0.2) is 42.5 Å². The molecule has 1 unspecified atom stereocenters. The molecule has 1 aromatic carbocycles. The summed E-state index contributed by atoms with van der Waals surface area (Å²) in [5.74, 6) is 0. The van der Waals surface area contributed by atoms with Gasteiger partial charge in [0.05, 0.1) is 21.8 Å². The molecular weight excluding hydrogens is 368 g/mol. The quantitative estimate of drug-likeness (QED) is 0.661. The second-order valence-corrected chi connectivity index (χ2v) is 7.83. The molecule has 3 rings (SSSR count). The molecule has 2 aromatic heterocycles. The van der Waals surface area contributed by atoms with Crippen molar-refractivity contribution in [1.82, 2.24) is 20.4 Å². The summed E-state index contributed by atoms with van der Waals surface area (Å²) in [6.45, 7) is 6.33. The third-order valence-corrected chi connectivity index (χ3v) is 5.65. The monoisotopic (exact) mass is 388 g/mol. The number of para-hydroxylation sites is 1. The maximum Gasteiger partial charge on any atom is 0.315 e. The highest BCUT2D eigenvalue weighted by Crippen LogP contribution is 2.26. The lowest BCUT2D eigenvalue weighted by atomic mass is 10.2. The summed E-state index contributed by atoms with van der Waals surface area (Å²) in [5.41, 5.74) is 3.96. The fraction of sp³-hybridized carbons (Fsp3) is 0.263. The number of amides is 2. The lowest BCUT2D eigenvalue weighted by molar-refractivity contribution is 0.237. The van der Waals surface area contributed by atoms with E-state index in [-0.39, 0.29) is 12.1 Å². The number of rotatable bonds is 5. The van der Waals surface area contributed by atoms with Gasteiger partial charge in [-0.2, -0.15) is 5.10 Å². The predicted molar refractivity (Wildman–Crippen MR) is 106 cm³/mol. The van der Waals surface area contributed by atoms with Crippen LogP contribution in [-0.2, 0) is 6.54 Å². The van der Waals surface area contributed by atoms with E-state index < -0.39 is 0 Å². The topological polar surface area (TPSA) is 59.0 Å². The van der Waals surface area contributed by atoms with E-state index in [0.29, 0.717) is 10.9 Å². The van der Waals surface area contributed by atoms with Gasteiger partial charge in [-0.3, -0.25) is 0 Å². The van der Waals surface area contributed by atoms with Crippen LogP contribution >= 0.6 is 22.9 Å². The molecule has 0 saturated heterocycles. The average molecular weight is 389 g/mol. The zero-order chi connectivity index (χ0) is 18.7. The van der Waals surface area contributed by atoms with E-state index in [1.807, 2.05) is 67.9 Å². The van der Waals surface area contributed by atoms with Gasteiger partial charge < -0.3 is 10.6 Å². The van der Waals surface area contributed by atoms with Crippen LogP contribution in [0.1, 0.15) is 34.8 Å². The number of carbonyl (C=O) groups is 1. The highest BCUT2D eigenvalue weighted by molar-refractivity contribution is 7.16. The van der Waals surface area contributed by atoms with Gasteiger partial charge in [-0.15, -0.1) is 11.3 Å². The summed E-state index contributed by atoms with van der Waals surface area (Å²) >= 11 is 7.42. The molecule has 0 spiro atoms. The number of aromatic nitrogens is 2. The van der Waals surface area contributed by atoms with Crippen molar-refractivity contribution in [1.29, 1.82) is 0 Å². The Morgan fingerprint density at radius 3 is 2.62 bits per heavy atom. The summed E-state index contributed by atoms with van der Waals surface area (Å²) in [6, 6.07) is 13.4. The molecule has 0 aliphatic heterocycles. The van der Waals surface area contributed by atoms with Crippen LogP contribution in [0.25, 0.3) is 5.69 Å². The molecule has 26 heavy (non-hydrogen) atoms. The van der Waals surface area contributed by atoms with Crippen molar-refractivity contribution in [2.45, 2.75) is 33.4 Å². The predicted octanol–water partition coefficient (Wildman–Crippen LogP) is 4.76. The summed E-state index contributed by atoms with van der Waals surface area (Å²) in [6.07, 6.45) is 0. The van der Waals surface area contributed by atoms with E-state index in [4.69, 9.17) is 11.6 Å². The highest BCUT2D eigenvalue weighted by Gasteiger charge is 2.15. The Balaban J connectivity index is 1.64. The Hall–Kier alpha value is -2.31. The minimum absolute atomic E-state index is 0.0956. The lowest BCUT2D eigenvalue weighted by Crippen LogP contribution is -2.36. The van der Waals surface area contributed by atoms with Gasteiger partial charge in [-0.05, 0) is 45.0 Å². The average Bonchev–Trinajstić information content (AvgIpc) is 3.18. The SMILES string of the molecule is Cc1nn(-c2ccccc2)c(C)c1CNC(=O)NC(C)c1ccc(Cl)s1. The molecule has 0 aliphatic rings. The van der Waals surface area contributed by atoms with Crippen LogP contribution in [0.3, 0.4) is 0 Å². The van der Waals surface area contributed by atoms with Gasteiger partial charge in [-0.25, -0.2) is 9.48 Å². The van der Waals surface area contributed by atoms with E-state index in [1.165, 1.54) is 11.3 Å². The maximum absolute atomic E-state index is 12.2. The Labute approximate surface area is 162 Å². The molecule has 5 nitrogen and oxygen atoms in total. The Morgan fingerprint density at radius 2 is 1.96 bits per heavy atom. The van der Waals surface area contributed by atoms with Gasteiger partial charge in [0.15, 0.2) is 0 Å². The van der Waals surface area contributed by atoms with Gasteiger partial charge in [0.1, 0.15) is 0 Å². The molecule has 136 valence electrons. The highest BCUT2D eigenvalue weighted by atomic mass is 35.5. The minimum atomic E-state index is -0.215. The first kappa shape index (κ1) is 18.5. The molecule has 1 atom stereocenters. The van der Waals surface area contributed by atoms with Crippen LogP contribution in [0.5, 0.6) is 0 Å². The lowest BCUT2D eigenvalue weighted by Gasteiger charge is -2.13. The fourth-order valence-electron chi connectivity index (χ4n) is 2.80. The van der Waals surface area contributed by atoms with Crippen molar-refractivity contribution >= 4 is 29.0 Å². The summed E-state index contributed by atoms with van der Waals surface area (Å²) in [4.78, 5) is 13.3. The number of nitrogens with one attached hydrogen (secondary N) is 2. The molecule has 7 heteroatoms. The number of carbonyl (C=O) groups excluding carboxylic acids is 1. The first-order valence-electron chi connectivity index (χ1n) is 8.36. The molecule has 0 bridgehead atoms. The maximum atomic E-state index is 12.2. The summed E-state index contributed by atoms with van der Waals surface area (Å²) in [5, 5.41) is 10.5. The molecule has 2 amide bonds. The second kappa shape index (κ2) is 7.93. The Morgan fingerprint density at radius 1 is 1.23 bits per heavy atom. The van der Waals surface area contributed by atoms with Crippen molar-refractivity contribution in [3.05, 3.63) is 68.6 Å². The van der Waals surface area contributed by atoms with Gasteiger partial charge >= 0.3 is 6.03 Å². The first-order chi connectivity index (χ1) is 12.5. The first-order valence-corrected chi connectivity index (χ1v) is 9.55. The van der Waals surface area contributed by atoms with E-state index in [1.54, 1.807) is 0 Å². The zero-order valence-electron chi connectivity index (χ0n) is 14.9. The Kier molecular flexibility index (Phi) is 5.64. The number of benzene rings is 1. The van der Waals surface area contributed by atoms with Crippen molar-refractivity contribution < 1.29 is 4.79 Å². The number of halogens is 1. The number of thiophene rings is 1. The standard InChI is InChI=1S/C19H21ClN4OS/c1-12-16(14(3)24(23-12)15-7-5-4-6-8-15)11-21-19(25)22-13(2)17-9-10-18(20)26-17/h4-10,13H,11H2,1-3H3,(H2,21,22,25). The third kappa shape index (κ3) is 4.08. The van der Waals surface area contributed by atoms with Gasteiger partial charge in [0.25, 0.3) is 0 Å². The smallest absolute Gasteiger partial charge is 0.315 e. The van der Waals surface area contributed by atoms with Crippen LogP contribution in [0, 0.1) is 13.8 Å². The van der Waals surface area contributed by atoms with Gasteiger partial charge in [-0.1, -0.05) is 29.8 Å². The van der Waals surface area contributed by atoms with Crippen LogP contribution in [0.4, 0.5) is 4.79 Å². The van der Waals surface area contributed by atoms with Gasteiger partial charge in [0.2, 0.25) is 0 Å². The molecule has 0 fully saturated rings. The van der Waals surface area contributed by atoms with E-state index in [9.17, 15) is 4.79 Å². The van der Waals surface area contributed by atoms with E-state index in [2.05, 4.69) is 15.7 Å². The second-order valence-electron chi connectivity index (χ2n) is 6.09. The number of hydrogen-bond acceptors (Lipinski definition) is 3. The number of aryl methyl sites for hydroxylation is 1. The molecule has 0 aliphatic carbocycles. The molecule has 3 aromatic rings. The van der Waals surface area contributed by atoms with E-state index >= 15 is 0 Å². The van der Waals surface area contributed by atoms with Crippen molar-refractivity contribution in [2.75, 3.05) is 0 Å². The normalized spacial score (nSPS) is 12.0. The van der Waals surface area contributed by atoms with Crippen LogP contribution in [0.2, 0.25) is 4.34 Å². The van der Waals surface area contributed by atoms with Crippen LogP contribution in [-0.4, -0.2) is 15.8 Å². The summed E-state index contributed by atoms with van der Waals surface area (Å²) < 4.78 is 2.62. The third-order valence-electron chi connectivity index (χ3n) is 4.24. The minimum Gasteiger partial charge on any atom is -0.334 e. The molecule has 2 heterocycles. The van der Waals surface area contributed by atoms with E-state index in [0.717, 1.165) is 27.5 Å². The van der Waals surface area contributed by atoms with Crippen molar-refractivity contribution in [3.63, 3.8) is 0 Å². The van der Waals surface area contributed by atoms with Gasteiger partial charge in [0, 0.05) is 22.7 Å². The fourth-order valence-corrected chi connectivity index (χ4v) is 3.86. The number of urea groups is 1. The van der Waals surface area contributed by atoms with Crippen molar-refractivity contribution in [2.24, 2.45) is 0 Å². The zero-order valence-corrected chi connectivity index (χ0v) is 16.5. The Bertz CT molecular complexity index is 904. The largest absolute Gasteiger partial charge is 0.334 e. The molecular formula is C19H21ClN4OS. The molecule has 2 N–H and O–H groups in total. The van der Waals surface area contributed by atoms with Crippen LogP contribution < -0.4 is 10.6 Å². The molecule has 0 radical (unpaired) electrons.